The summed E-state index contributed by atoms with van der Waals surface area (Å²) in [5.74, 6) is -0.424. The first-order chi connectivity index (χ1) is 14.3. The average Bonchev–Trinajstić information content (AvgIpc) is 2.70. The predicted molar refractivity (Wildman–Crippen MR) is 116 cm³/mol. The Labute approximate surface area is 181 Å². The molecule has 0 spiro atoms. The molecule has 1 unspecified atom stereocenters. The molecule has 1 fully saturated rings. The summed E-state index contributed by atoms with van der Waals surface area (Å²) in [6.07, 6.45) is 1.52. The minimum absolute atomic E-state index is 0.0667. The van der Waals surface area contributed by atoms with Crippen LogP contribution >= 0.6 is 11.6 Å². The average molecular weight is 435 g/mol. The number of hydrogen-bond donors (Lipinski definition) is 4. The van der Waals surface area contributed by atoms with Gasteiger partial charge in [0.2, 0.25) is 0 Å². The Balaban J connectivity index is 2.06. The number of hydrogen-bond acceptors (Lipinski definition) is 3. The van der Waals surface area contributed by atoms with Crippen molar-refractivity contribution >= 4 is 17.7 Å². The zero-order chi connectivity index (χ0) is 21.7. The largest absolute Gasteiger partial charge is 0.465 e. The van der Waals surface area contributed by atoms with Gasteiger partial charge in [-0.15, -0.1) is 0 Å². The van der Waals surface area contributed by atoms with Gasteiger partial charge in [0.25, 0.3) is 0 Å². The van der Waals surface area contributed by atoms with Crippen LogP contribution in [0.4, 0.5) is 9.18 Å². The molecule has 0 aliphatic carbocycles. The van der Waals surface area contributed by atoms with E-state index in [4.69, 9.17) is 16.7 Å². The van der Waals surface area contributed by atoms with Crippen LogP contribution in [-0.4, -0.2) is 35.9 Å². The molecule has 0 saturated carbocycles. The van der Waals surface area contributed by atoms with Crippen LogP contribution in [0.1, 0.15) is 36.8 Å². The third-order valence-electron chi connectivity index (χ3n) is 5.79. The highest BCUT2D eigenvalue weighted by molar-refractivity contribution is 6.33. The maximum absolute atomic E-state index is 14.2. The lowest BCUT2D eigenvalue weighted by molar-refractivity contribution is -0.0415. The molecule has 1 amide bonds. The Morgan fingerprint density at radius 2 is 2.17 bits per heavy atom. The van der Waals surface area contributed by atoms with Gasteiger partial charge < -0.3 is 20.8 Å². The summed E-state index contributed by atoms with van der Waals surface area (Å²) in [7, 11) is 0. The van der Waals surface area contributed by atoms with Gasteiger partial charge in [-0.3, -0.25) is 0 Å². The molecule has 3 rings (SSSR count). The highest BCUT2D eigenvalue weighted by Gasteiger charge is 2.40. The maximum Gasteiger partial charge on any atom is 0.404 e. The normalized spacial score (nSPS) is 18.6. The topological polar surface area (TPSA) is 81.6 Å². The van der Waals surface area contributed by atoms with E-state index >= 15 is 0 Å². The summed E-state index contributed by atoms with van der Waals surface area (Å²) in [6, 6.07) is 10.1. The SMILES string of the molecule is Cc1cc(F)cc(-c2c(Cl)cccc2C(O)(CCCNC(=O)O)[C@@H]2CCCNC2)c1. The van der Waals surface area contributed by atoms with E-state index in [9.17, 15) is 14.3 Å². The van der Waals surface area contributed by atoms with E-state index in [2.05, 4.69) is 10.6 Å². The van der Waals surface area contributed by atoms with Crippen LogP contribution in [0.15, 0.2) is 36.4 Å². The summed E-state index contributed by atoms with van der Waals surface area (Å²) in [5.41, 5.74) is 1.45. The highest BCUT2D eigenvalue weighted by atomic mass is 35.5. The monoisotopic (exact) mass is 434 g/mol. The van der Waals surface area contributed by atoms with Crippen LogP contribution in [0.2, 0.25) is 5.02 Å². The molecule has 1 aliphatic heterocycles. The molecule has 7 heteroatoms. The number of aryl methyl sites for hydroxylation is 1. The lowest BCUT2D eigenvalue weighted by atomic mass is 9.72. The summed E-state index contributed by atoms with van der Waals surface area (Å²) in [6.45, 7) is 3.61. The number of aliphatic hydroxyl groups is 1. The molecule has 2 atom stereocenters. The number of halogens is 2. The van der Waals surface area contributed by atoms with E-state index in [0.29, 0.717) is 41.1 Å². The van der Waals surface area contributed by atoms with E-state index in [0.717, 1.165) is 24.9 Å². The van der Waals surface area contributed by atoms with Crippen molar-refractivity contribution in [2.24, 2.45) is 5.92 Å². The minimum atomic E-state index is -1.23. The molecule has 1 saturated heterocycles. The quantitative estimate of drug-likeness (QED) is 0.476. The summed E-state index contributed by atoms with van der Waals surface area (Å²) < 4.78 is 14.2. The minimum Gasteiger partial charge on any atom is -0.465 e. The fourth-order valence-electron chi connectivity index (χ4n) is 4.43. The fraction of sp³-hybridized carbons (Fsp3) is 0.435. The highest BCUT2D eigenvalue weighted by Crippen LogP contribution is 2.45. The van der Waals surface area contributed by atoms with Crippen LogP contribution in [0.5, 0.6) is 0 Å². The standard InChI is InChI=1S/C23H28ClFN2O3/c1-15-11-16(13-18(25)12-15)21-19(6-2-7-20(21)24)23(30,8-4-10-27-22(28)29)17-5-3-9-26-14-17/h2,6-7,11-13,17,26-27,30H,3-5,8-10,14H2,1H3,(H,28,29)/t17-,23?/m1/s1. The number of piperidine rings is 1. The first-order valence-electron chi connectivity index (χ1n) is 10.3. The van der Waals surface area contributed by atoms with Gasteiger partial charge in [-0.05, 0) is 74.0 Å². The van der Waals surface area contributed by atoms with Gasteiger partial charge in [0.1, 0.15) is 5.82 Å². The van der Waals surface area contributed by atoms with E-state index in [1.807, 2.05) is 19.1 Å². The number of rotatable bonds is 7. The van der Waals surface area contributed by atoms with Crippen LogP contribution in [-0.2, 0) is 5.60 Å². The van der Waals surface area contributed by atoms with Crippen molar-refractivity contribution in [3.8, 4) is 11.1 Å². The number of amides is 1. The second kappa shape index (κ2) is 9.77. The zero-order valence-electron chi connectivity index (χ0n) is 17.0. The van der Waals surface area contributed by atoms with Crippen LogP contribution < -0.4 is 10.6 Å². The molecule has 0 aromatic heterocycles. The number of nitrogens with one attached hydrogen (secondary N) is 2. The van der Waals surface area contributed by atoms with Crippen molar-refractivity contribution in [3.05, 3.63) is 58.4 Å². The molecule has 1 heterocycles. The van der Waals surface area contributed by atoms with E-state index in [1.54, 1.807) is 12.1 Å². The Kier molecular flexibility index (Phi) is 7.34. The lowest BCUT2D eigenvalue weighted by Crippen LogP contribution is -2.45. The van der Waals surface area contributed by atoms with E-state index in [-0.39, 0.29) is 18.3 Å². The van der Waals surface area contributed by atoms with E-state index in [1.165, 1.54) is 12.1 Å². The summed E-state index contributed by atoms with van der Waals surface area (Å²) in [4.78, 5) is 10.8. The second-order valence-electron chi connectivity index (χ2n) is 7.98. The van der Waals surface area contributed by atoms with Gasteiger partial charge in [0.05, 0.1) is 5.60 Å². The first-order valence-corrected chi connectivity index (χ1v) is 10.7. The maximum atomic E-state index is 14.2. The lowest BCUT2D eigenvalue weighted by Gasteiger charge is -2.40. The Morgan fingerprint density at radius 1 is 1.37 bits per heavy atom. The summed E-state index contributed by atoms with van der Waals surface area (Å²) in [5, 5.41) is 27.0. The predicted octanol–water partition coefficient (Wildman–Crippen LogP) is 4.69. The van der Waals surface area contributed by atoms with Crippen LogP contribution in [0.25, 0.3) is 11.1 Å². The Hall–Kier alpha value is -2.15. The molecular weight excluding hydrogens is 407 g/mol. The molecular formula is C23H28ClFN2O3. The van der Waals surface area contributed by atoms with Crippen molar-refractivity contribution in [1.82, 2.24) is 10.6 Å². The third kappa shape index (κ3) is 5.12. The third-order valence-corrected chi connectivity index (χ3v) is 6.11. The van der Waals surface area contributed by atoms with Crippen molar-refractivity contribution in [1.29, 1.82) is 0 Å². The Bertz CT molecular complexity index is 882. The summed E-state index contributed by atoms with van der Waals surface area (Å²) >= 11 is 6.58. The number of carbonyl (C=O) groups is 1. The molecule has 4 N–H and O–H groups in total. The number of carboxylic acid groups (broad SMARTS) is 1. The molecule has 2 aromatic carbocycles. The van der Waals surface area contributed by atoms with Crippen LogP contribution in [0, 0.1) is 18.7 Å². The molecule has 0 bridgehead atoms. The Morgan fingerprint density at radius 3 is 2.83 bits per heavy atom. The van der Waals surface area contributed by atoms with Gasteiger partial charge in [-0.1, -0.05) is 29.8 Å². The molecule has 1 aliphatic rings. The van der Waals surface area contributed by atoms with E-state index < -0.39 is 11.7 Å². The fourth-order valence-corrected chi connectivity index (χ4v) is 4.71. The van der Waals surface area contributed by atoms with Crippen molar-refractivity contribution in [3.63, 3.8) is 0 Å². The van der Waals surface area contributed by atoms with Gasteiger partial charge >= 0.3 is 6.09 Å². The first kappa shape index (κ1) is 22.5. The van der Waals surface area contributed by atoms with Gasteiger partial charge in [0, 0.05) is 29.6 Å². The number of benzene rings is 2. The van der Waals surface area contributed by atoms with Gasteiger partial charge in [-0.2, -0.15) is 0 Å². The second-order valence-corrected chi connectivity index (χ2v) is 8.39. The van der Waals surface area contributed by atoms with Gasteiger partial charge in [-0.25, -0.2) is 9.18 Å². The van der Waals surface area contributed by atoms with Crippen LogP contribution in [0.3, 0.4) is 0 Å². The van der Waals surface area contributed by atoms with Crippen molar-refractivity contribution in [2.45, 2.75) is 38.2 Å². The molecule has 30 heavy (non-hydrogen) atoms. The smallest absolute Gasteiger partial charge is 0.404 e. The molecule has 5 nitrogen and oxygen atoms in total. The molecule has 162 valence electrons. The zero-order valence-corrected chi connectivity index (χ0v) is 17.8. The van der Waals surface area contributed by atoms with Gasteiger partial charge in [0.15, 0.2) is 0 Å². The molecule has 2 aromatic rings. The molecule has 0 radical (unpaired) electrons. The van der Waals surface area contributed by atoms with Crippen molar-refractivity contribution < 1.29 is 19.4 Å². The van der Waals surface area contributed by atoms with Crippen molar-refractivity contribution in [2.75, 3.05) is 19.6 Å².